The van der Waals surface area contributed by atoms with Crippen molar-refractivity contribution in [2.24, 2.45) is 0 Å². The summed E-state index contributed by atoms with van der Waals surface area (Å²) in [6.07, 6.45) is 1.60. The van der Waals surface area contributed by atoms with Gasteiger partial charge in [0.15, 0.2) is 6.61 Å². The molecule has 0 aromatic heterocycles. The van der Waals surface area contributed by atoms with E-state index in [0.717, 1.165) is 22.4 Å². The number of nitrogens with zero attached hydrogens (tertiary/aromatic N) is 2. The molecule has 0 spiro atoms. The number of carbonyl (C=O) groups excluding carboxylic acids is 3. The summed E-state index contributed by atoms with van der Waals surface area (Å²) in [4.78, 5) is 41.0. The van der Waals surface area contributed by atoms with Crippen LogP contribution in [0.2, 0.25) is 0 Å². The summed E-state index contributed by atoms with van der Waals surface area (Å²) in [6, 6.07) is 12.6. The highest BCUT2D eigenvalue weighted by molar-refractivity contribution is 7.83. The van der Waals surface area contributed by atoms with Crippen LogP contribution in [0.5, 0.6) is 0 Å². The van der Waals surface area contributed by atoms with E-state index in [1.54, 1.807) is 35.4 Å². The molecule has 0 bridgehead atoms. The van der Waals surface area contributed by atoms with Crippen molar-refractivity contribution in [3.8, 4) is 0 Å². The number of hydrogen-bond donors (Lipinski definition) is 1. The fraction of sp³-hybridized carbons (Fsp3) is 0.400. The lowest BCUT2D eigenvalue weighted by molar-refractivity contribution is -0.136. The standard InChI is InChI=1S/C25H31N3O5S/c1-18-6-4-7-19(2)24(18)26-22(29)15-27-10-12-28(13-11-27)23(30)16-33-25(31)21-9-5-8-20(14-21)17-34(3)32/h4-9,14H,10-13,15-17H2,1-3H3,(H,26,29). The van der Waals surface area contributed by atoms with E-state index in [4.69, 9.17) is 4.74 Å². The van der Waals surface area contributed by atoms with E-state index in [0.29, 0.717) is 37.5 Å². The van der Waals surface area contributed by atoms with Crippen molar-refractivity contribution in [3.05, 3.63) is 64.7 Å². The predicted molar refractivity (Wildman–Crippen MR) is 132 cm³/mol. The van der Waals surface area contributed by atoms with Crippen LogP contribution in [0, 0.1) is 13.8 Å². The summed E-state index contributed by atoms with van der Waals surface area (Å²) in [6.45, 7) is 5.90. The molecule has 1 aliphatic rings. The van der Waals surface area contributed by atoms with Crippen LogP contribution in [-0.4, -0.2) is 77.4 Å². The van der Waals surface area contributed by atoms with Gasteiger partial charge in [0.05, 0.1) is 12.1 Å². The molecule has 1 aliphatic heterocycles. The number of benzene rings is 2. The van der Waals surface area contributed by atoms with Crippen molar-refractivity contribution in [3.63, 3.8) is 0 Å². The van der Waals surface area contributed by atoms with Gasteiger partial charge in [-0.1, -0.05) is 30.3 Å². The fourth-order valence-corrected chi connectivity index (χ4v) is 4.52. The Morgan fingerprint density at radius 3 is 2.29 bits per heavy atom. The number of hydrogen-bond acceptors (Lipinski definition) is 6. The molecule has 182 valence electrons. The minimum atomic E-state index is -1.01. The highest BCUT2D eigenvalue weighted by Gasteiger charge is 2.23. The second-order valence-corrected chi connectivity index (χ2v) is 9.90. The average molecular weight is 486 g/mol. The van der Waals surface area contributed by atoms with Crippen LogP contribution in [-0.2, 0) is 30.9 Å². The Morgan fingerprint density at radius 1 is 1.00 bits per heavy atom. The normalized spacial score (nSPS) is 15.0. The summed E-state index contributed by atoms with van der Waals surface area (Å²) in [5.74, 6) is -0.578. The molecule has 0 aliphatic carbocycles. The third kappa shape index (κ3) is 7.23. The molecule has 0 radical (unpaired) electrons. The first kappa shape index (κ1) is 25.6. The Hall–Kier alpha value is -3.04. The highest BCUT2D eigenvalue weighted by Crippen LogP contribution is 2.19. The lowest BCUT2D eigenvalue weighted by Gasteiger charge is -2.34. The van der Waals surface area contributed by atoms with E-state index in [1.807, 2.05) is 36.9 Å². The van der Waals surface area contributed by atoms with E-state index in [1.165, 1.54) is 0 Å². The van der Waals surface area contributed by atoms with Crippen molar-refractivity contribution >= 4 is 34.3 Å². The topological polar surface area (TPSA) is 96.0 Å². The van der Waals surface area contributed by atoms with Gasteiger partial charge in [0, 0.05) is 54.7 Å². The first-order valence-electron chi connectivity index (χ1n) is 11.1. The zero-order valence-electron chi connectivity index (χ0n) is 19.8. The number of rotatable bonds is 8. The quantitative estimate of drug-likeness (QED) is 0.576. The molecule has 1 saturated heterocycles. The molecule has 1 unspecified atom stereocenters. The summed E-state index contributed by atoms with van der Waals surface area (Å²) in [5, 5.41) is 2.99. The van der Waals surface area contributed by atoms with Crippen LogP contribution in [0.15, 0.2) is 42.5 Å². The molecule has 2 amide bonds. The van der Waals surface area contributed by atoms with Gasteiger partial charge in [-0.3, -0.25) is 18.7 Å². The molecule has 0 saturated carbocycles. The number of anilines is 1. The Morgan fingerprint density at radius 2 is 1.65 bits per heavy atom. The smallest absolute Gasteiger partial charge is 0.338 e. The Labute approximate surface area is 202 Å². The van der Waals surface area contributed by atoms with Crippen LogP contribution < -0.4 is 5.32 Å². The predicted octanol–water partition coefficient (Wildman–Crippen LogP) is 2.12. The van der Waals surface area contributed by atoms with Crippen LogP contribution >= 0.6 is 0 Å². The minimum Gasteiger partial charge on any atom is -0.452 e. The minimum absolute atomic E-state index is 0.0831. The molecule has 34 heavy (non-hydrogen) atoms. The van der Waals surface area contributed by atoms with Crippen LogP contribution in [0.25, 0.3) is 0 Å². The number of nitrogens with one attached hydrogen (secondary N) is 1. The van der Waals surface area contributed by atoms with Gasteiger partial charge in [0.1, 0.15) is 0 Å². The molecule has 1 heterocycles. The van der Waals surface area contributed by atoms with Crippen molar-refractivity contribution in [1.82, 2.24) is 9.80 Å². The maximum absolute atomic E-state index is 12.5. The molecule has 8 nitrogen and oxygen atoms in total. The maximum Gasteiger partial charge on any atom is 0.338 e. The van der Waals surface area contributed by atoms with E-state index in [2.05, 4.69) is 5.32 Å². The Bertz CT molecular complexity index is 1060. The number of piperazine rings is 1. The lowest BCUT2D eigenvalue weighted by Crippen LogP contribution is -2.51. The van der Waals surface area contributed by atoms with Crippen molar-refractivity contribution < 1.29 is 23.3 Å². The fourth-order valence-electron chi connectivity index (χ4n) is 3.87. The molecule has 2 aromatic rings. The first-order chi connectivity index (χ1) is 16.2. The summed E-state index contributed by atoms with van der Waals surface area (Å²) in [7, 11) is -1.01. The molecule has 1 fully saturated rings. The molecule has 9 heteroatoms. The number of esters is 1. The summed E-state index contributed by atoms with van der Waals surface area (Å²) in [5.41, 5.74) is 3.99. The second kappa shape index (κ2) is 11.9. The molecular weight excluding hydrogens is 454 g/mol. The van der Waals surface area contributed by atoms with Gasteiger partial charge in [0.2, 0.25) is 5.91 Å². The first-order valence-corrected chi connectivity index (χ1v) is 12.9. The van der Waals surface area contributed by atoms with Crippen LogP contribution in [0.4, 0.5) is 5.69 Å². The molecule has 2 aromatic carbocycles. The van der Waals surface area contributed by atoms with Gasteiger partial charge in [-0.25, -0.2) is 4.79 Å². The van der Waals surface area contributed by atoms with E-state index in [-0.39, 0.29) is 25.0 Å². The van der Waals surface area contributed by atoms with Gasteiger partial charge < -0.3 is 15.0 Å². The lowest BCUT2D eigenvalue weighted by atomic mass is 10.1. The molecule has 3 rings (SSSR count). The maximum atomic E-state index is 12.5. The third-order valence-electron chi connectivity index (χ3n) is 5.70. The zero-order chi connectivity index (χ0) is 24.7. The number of para-hydroxylation sites is 1. The van der Waals surface area contributed by atoms with Gasteiger partial charge in [-0.2, -0.15) is 0 Å². The number of aryl methyl sites for hydroxylation is 2. The third-order valence-corrected chi connectivity index (χ3v) is 6.44. The molecule has 1 atom stereocenters. The van der Waals surface area contributed by atoms with Crippen molar-refractivity contribution in [2.45, 2.75) is 19.6 Å². The monoisotopic (exact) mass is 485 g/mol. The van der Waals surface area contributed by atoms with E-state index < -0.39 is 16.8 Å². The largest absolute Gasteiger partial charge is 0.452 e. The van der Waals surface area contributed by atoms with Gasteiger partial charge in [0.25, 0.3) is 5.91 Å². The Kier molecular flexibility index (Phi) is 8.95. The van der Waals surface area contributed by atoms with Crippen molar-refractivity contribution in [1.29, 1.82) is 0 Å². The number of amides is 2. The zero-order valence-corrected chi connectivity index (χ0v) is 20.7. The molecular formula is C25H31N3O5S. The van der Waals surface area contributed by atoms with Gasteiger partial charge in [-0.05, 0) is 42.7 Å². The SMILES string of the molecule is Cc1cccc(C)c1NC(=O)CN1CCN(C(=O)COC(=O)c2cccc(CS(C)=O)c2)CC1. The Balaban J connectivity index is 1.42. The average Bonchev–Trinajstić information content (AvgIpc) is 2.80. The summed E-state index contributed by atoms with van der Waals surface area (Å²) >= 11 is 0. The number of ether oxygens (including phenoxy) is 1. The summed E-state index contributed by atoms with van der Waals surface area (Å²) < 4.78 is 16.6. The number of carbonyl (C=O) groups is 3. The second-order valence-electron chi connectivity index (χ2n) is 8.47. The highest BCUT2D eigenvalue weighted by atomic mass is 32.2. The van der Waals surface area contributed by atoms with Gasteiger partial charge >= 0.3 is 5.97 Å². The van der Waals surface area contributed by atoms with Crippen LogP contribution in [0.1, 0.15) is 27.0 Å². The molecule has 1 N–H and O–H groups in total. The van der Waals surface area contributed by atoms with Crippen molar-refractivity contribution in [2.75, 3.05) is 50.9 Å². The van der Waals surface area contributed by atoms with E-state index >= 15 is 0 Å². The van der Waals surface area contributed by atoms with Gasteiger partial charge in [-0.15, -0.1) is 0 Å². The van der Waals surface area contributed by atoms with E-state index in [9.17, 15) is 18.6 Å². The van der Waals surface area contributed by atoms with Crippen LogP contribution in [0.3, 0.4) is 0 Å².